The summed E-state index contributed by atoms with van der Waals surface area (Å²) >= 11 is 0. The van der Waals surface area contributed by atoms with Crippen molar-refractivity contribution in [2.45, 2.75) is 63.1 Å². The van der Waals surface area contributed by atoms with Gasteiger partial charge >= 0.3 is 0 Å². The molecular weight excluding hydrogens is 642 g/mol. The van der Waals surface area contributed by atoms with Crippen molar-refractivity contribution in [2.24, 2.45) is 16.5 Å². The number of ketones is 2. The van der Waals surface area contributed by atoms with Crippen LogP contribution in [0, 0.1) is 6.92 Å². The molecule has 0 aromatic heterocycles. The van der Waals surface area contributed by atoms with E-state index < -0.39 is 60.7 Å². The molecule has 1 fully saturated rings. The summed E-state index contributed by atoms with van der Waals surface area (Å²) in [6, 6.07) is 2.64. The summed E-state index contributed by atoms with van der Waals surface area (Å²) < 4.78 is 17.2. The highest BCUT2D eigenvalue weighted by Gasteiger charge is 2.55. The molecule has 2 heterocycles. The number of nitrogens with zero attached hydrogens (tertiary/aromatic N) is 1. The van der Waals surface area contributed by atoms with Crippen LogP contribution < -0.4 is 31.6 Å². The van der Waals surface area contributed by atoms with Gasteiger partial charge in [0.2, 0.25) is 12.1 Å². The Morgan fingerprint density at radius 1 is 1.14 bits per heavy atom. The van der Waals surface area contributed by atoms with Crippen LogP contribution in [0.15, 0.2) is 40.7 Å². The number of aryl methyl sites for hydroxylation is 1. The first-order valence-electron chi connectivity index (χ1n) is 15.5. The third kappa shape index (κ3) is 6.29. The van der Waals surface area contributed by atoms with Gasteiger partial charge in [-0.15, -0.1) is 0 Å². The third-order valence-corrected chi connectivity index (χ3v) is 9.18. The van der Waals surface area contributed by atoms with Crippen molar-refractivity contribution in [3.05, 3.63) is 74.6 Å². The van der Waals surface area contributed by atoms with Crippen molar-refractivity contribution in [3.63, 3.8) is 0 Å². The number of fused-ring (bicyclic) bond motifs is 2. The van der Waals surface area contributed by atoms with Gasteiger partial charge in [0.25, 0.3) is 0 Å². The number of guanidine groups is 1. The van der Waals surface area contributed by atoms with Crippen LogP contribution in [0.4, 0.5) is 0 Å². The van der Waals surface area contributed by atoms with Gasteiger partial charge in [-0.25, -0.2) is 0 Å². The van der Waals surface area contributed by atoms with Gasteiger partial charge in [0.1, 0.15) is 41.2 Å². The summed E-state index contributed by atoms with van der Waals surface area (Å²) in [7, 11) is 2.73. The molecule has 12 N–H and O–H groups in total. The third-order valence-electron chi connectivity index (χ3n) is 9.18. The minimum atomic E-state index is -2.13. The zero-order valence-electron chi connectivity index (χ0n) is 27.2. The molecule has 16 nitrogen and oxygen atoms in total. The number of carbonyl (C=O) groups is 2. The molecule has 0 radical (unpaired) electrons. The Balaban J connectivity index is 1.53. The highest BCUT2D eigenvalue weighted by molar-refractivity contribution is 6.31. The van der Waals surface area contributed by atoms with Gasteiger partial charge in [-0.3, -0.25) is 14.6 Å². The first kappa shape index (κ1) is 35.6. The zero-order valence-corrected chi connectivity index (χ0v) is 27.2. The maximum absolute atomic E-state index is 14.3. The van der Waals surface area contributed by atoms with Crippen LogP contribution in [-0.4, -0.2) is 106 Å². The van der Waals surface area contributed by atoms with Crippen molar-refractivity contribution < 1.29 is 54.4 Å². The summed E-state index contributed by atoms with van der Waals surface area (Å²) in [6.45, 7) is 0.573. The Hall–Kier alpha value is -4.71. The van der Waals surface area contributed by atoms with Crippen molar-refractivity contribution in [1.29, 1.82) is 0 Å². The van der Waals surface area contributed by atoms with E-state index >= 15 is 0 Å². The summed E-state index contributed by atoms with van der Waals surface area (Å²) in [4.78, 5) is 32.1. The van der Waals surface area contributed by atoms with E-state index in [1.807, 2.05) is 6.08 Å². The lowest BCUT2D eigenvalue weighted by Crippen LogP contribution is -2.67. The quantitative estimate of drug-likeness (QED) is 0.0876. The lowest BCUT2D eigenvalue weighted by atomic mass is 9.78. The number of allylic oxidation sites excluding steroid dienone is 2. The lowest BCUT2D eigenvalue weighted by molar-refractivity contribution is -0.314. The van der Waals surface area contributed by atoms with Gasteiger partial charge in [-0.1, -0.05) is 6.08 Å². The Bertz CT molecular complexity index is 1750. The molecule has 0 bridgehead atoms. The van der Waals surface area contributed by atoms with Crippen molar-refractivity contribution in [1.82, 2.24) is 10.6 Å². The maximum Gasteiger partial charge on any atom is 0.229 e. The maximum atomic E-state index is 14.3. The number of nitrogens with two attached hydrogens (primary N) is 2. The summed E-state index contributed by atoms with van der Waals surface area (Å²) in [5.74, 6) is -1.96. The standard InChI is InChI=1S/C33H41N5O11/c1-14-8-16-24(27(42)17(14)11-38-32(35)36-2)28(43)25-20(10-19(47-3)18(12-39)23(25)26(16)41)48-31-29(44)30(45)33(46,21(13-40)49-31)6-4-15-5-7-37-22(34)9-15/h5,8-10,21,29-31,37,39-40,42,44-46H,4,6-7,11-13,34H2,1-3H3,(H3,35,36,38). The molecule has 0 amide bonds. The van der Waals surface area contributed by atoms with Gasteiger partial charge in [0.05, 0.1) is 37.3 Å². The molecule has 1 aliphatic carbocycles. The van der Waals surface area contributed by atoms with E-state index in [9.17, 15) is 40.2 Å². The topological polar surface area (TPSA) is 272 Å². The number of benzene rings is 2. The van der Waals surface area contributed by atoms with Crippen LogP contribution >= 0.6 is 0 Å². The largest absolute Gasteiger partial charge is 0.507 e. The number of phenols is 1. The number of aliphatic hydroxyl groups is 5. The van der Waals surface area contributed by atoms with Gasteiger partial charge < -0.3 is 67.0 Å². The smallest absolute Gasteiger partial charge is 0.229 e. The monoisotopic (exact) mass is 683 g/mol. The summed E-state index contributed by atoms with van der Waals surface area (Å²) in [6.07, 6.45) is -3.48. The van der Waals surface area contributed by atoms with Crippen molar-refractivity contribution in [2.75, 3.05) is 27.3 Å². The highest BCUT2D eigenvalue weighted by atomic mass is 16.7. The van der Waals surface area contributed by atoms with Crippen molar-refractivity contribution in [3.8, 4) is 17.2 Å². The zero-order chi connectivity index (χ0) is 35.8. The van der Waals surface area contributed by atoms with E-state index in [4.69, 9.17) is 25.7 Å². The summed E-state index contributed by atoms with van der Waals surface area (Å²) in [5.41, 5.74) is 9.81. The van der Waals surface area contributed by atoms with Crippen LogP contribution in [0.3, 0.4) is 0 Å². The number of aromatic hydroxyl groups is 1. The molecule has 0 saturated carbocycles. The number of aliphatic imine (C=N–C) groups is 1. The molecule has 5 unspecified atom stereocenters. The predicted octanol–water partition coefficient (Wildman–Crippen LogP) is -1.33. The number of ether oxygens (including phenoxy) is 3. The molecule has 16 heteroatoms. The average Bonchev–Trinajstić information content (AvgIpc) is 3.08. The van der Waals surface area contributed by atoms with E-state index in [1.54, 1.807) is 13.0 Å². The fourth-order valence-corrected chi connectivity index (χ4v) is 6.43. The fourth-order valence-electron chi connectivity index (χ4n) is 6.43. The van der Waals surface area contributed by atoms with Crippen LogP contribution in [0.25, 0.3) is 0 Å². The number of nitrogens with one attached hydrogen (secondary N) is 2. The molecule has 264 valence electrons. The second-order valence-corrected chi connectivity index (χ2v) is 12.0. The Kier molecular flexibility index (Phi) is 10.2. The number of methoxy groups -OCH3 is 1. The first-order valence-corrected chi connectivity index (χ1v) is 15.5. The number of rotatable bonds is 10. The molecule has 0 spiro atoms. The number of hydrogen-bond donors (Lipinski definition) is 10. The second kappa shape index (κ2) is 14.0. The van der Waals surface area contributed by atoms with E-state index in [-0.39, 0.29) is 70.2 Å². The number of hydrogen-bond acceptors (Lipinski definition) is 14. The molecule has 3 aliphatic rings. The van der Waals surface area contributed by atoms with Crippen LogP contribution in [0.1, 0.15) is 61.4 Å². The van der Waals surface area contributed by atoms with Gasteiger partial charge in [0.15, 0.2) is 11.7 Å². The molecule has 1 saturated heterocycles. The lowest BCUT2D eigenvalue weighted by Gasteiger charge is -2.48. The minimum absolute atomic E-state index is 0.0282. The normalized spacial score (nSPS) is 25.1. The predicted molar refractivity (Wildman–Crippen MR) is 174 cm³/mol. The second-order valence-electron chi connectivity index (χ2n) is 12.0. The van der Waals surface area contributed by atoms with E-state index in [2.05, 4.69) is 15.6 Å². The fraction of sp³-hybridized carbons (Fsp3) is 0.424. The van der Waals surface area contributed by atoms with Crippen LogP contribution in [-0.2, 0) is 17.9 Å². The SMILES string of the molecule is CN=C(N)NCc1c(C)cc2c(c1O)C(=O)c1c(OC3OC(CO)C(O)(CCC4=CCNC(N)=C4)C(O)C3O)cc(OC)c(CO)c1C2=O. The van der Waals surface area contributed by atoms with E-state index in [1.165, 1.54) is 26.3 Å². The molecule has 49 heavy (non-hydrogen) atoms. The Morgan fingerprint density at radius 3 is 2.51 bits per heavy atom. The number of phenolic OH excluding ortho intramolecular Hbond substituents is 1. The first-order chi connectivity index (χ1) is 23.3. The molecule has 5 rings (SSSR count). The number of dihydropyridines is 1. The molecular formula is C33H41N5O11. The minimum Gasteiger partial charge on any atom is -0.507 e. The Labute approximate surface area is 281 Å². The molecule has 2 aliphatic heterocycles. The van der Waals surface area contributed by atoms with Gasteiger partial charge in [0, 0.05) is 48.5 Å². The van der Waals surface area contributed by atoms with Crippen molar-refractivity contribution >= 4 is 17.5 Å². The molecule has 5 atom stereocenters. The van der Waals surface area contributed by atoms with Gasteiger partial charge in [-0.2, -0.15) is 0 Å². The Morgan fingerprint density at radius 2 is 1.88 bits per heavy atom. The highest BCUT2D eigenvalue weighted by Crippen LogP contribution is 2.45. The van der Waals surface area contributed by atoms with E-state index in [0.717, 1.165) is 5.57 Å². The van der Waals surface area contributed by atoms with Crippen LogP contribution in [0.5, 0.6) is 17.2 Å². The number of carbonyl (C=O) groups excluding carboxylic acids is 2. The van der Waals surface area contributed by atoms with Gasteiger partial charge in [-0.05, 0) is 43.0 Å². The van der Waals surface area contributed by atoms with Crippen LogP contribution in [0.2, 0.25) is 0 Å². The molecule has 2 aromatic carbocycles. The van der Waals surface area contributed by atoms with E-state index in [0.29, 0.717) is 17.9 Å². The average molecular weight is 684 g/mol. The summed E-state index contributed by atoms with van der Waals surface area (Å²) in [5, 5.41) is 71.5. The number of aliphatic hydroxyl groups excluding tert-OH is 4. The molecule has 2 aromatic rings.